The average molecular weight is 407 g/mol. The lowest BCUT2D eigenvalue weighted by atomic mass is 10.0. The molecule has 0 saturated carbocycles. The highest BCUT2D eigenvalue weighted by Crippen LogP contribution is 2.13. The minimum absolute atomic E-state index is 0. The minimum Gasteiger partial charge on any atom is -0.354 e. The molecule has 2 aromatic heterocycles. The van der Waals surface area contributed by atoms with Crippen LogP contribution in [-0.4, -0.2) is 9.55 Å². The summed E-state index contributed by atoms with van der Waals surface area (Å²) < 4.78 is 2.29. The SMILES string of the molecule is CCCCCCCCCCCCCCCCn1cccc1.Cl.c1ccncc1. The van der Waals surface area contributed by atoms with Crippen LogP contribution in [0.4, 0.5) is 0 Å². The second kappa shape index (κ2) is 22.0. The van der Waals surface area contributed by atoms with Crippen molar-refractivity contribution in [2.45, 2.75) is 103 Å². The molecule has 0 N–H and O–H groups in total. The van der Waals surface area contributed by atoms with Crippen LogP contribution in [-0.2, 0) is 6.54 Å². The molecule has 0 amide bonds. The number of nitrogens with zero attached hydrogens (tertiary/aromatic N) is 2. The van der Waals surface area contributed by atoms with E-state index in [0.717, 1.165) is 0 Å². The van der Waals surface area contributed by atoms with Gasteiger partial charge in [-0.1, -0.05) is 96.5 Å². The van der Waals surface area contributed by atoms with Crippen molar-refractivity contribution in [2.24, 2.45) is 0 Å². The maximum Gasteiger partial charge on any atom is 0.0267 e. The van der Waals surface area contributed by atoms with E-state index in [4.69, 9.17) is 0 Å². The molecule has 0 radical (unpaired) electrons. The van der Waals surface area contributed by atoms with Crippen LogP contribution in [0.3, 0.4) is 0 Å². The van der Waals surface area contributed by atoms with Crippen molar-refractivity contribution >= 4 is 12.4 Å². The number of rotatable bonds is 15. The van der Waals surface area contributed by atoms with E-state index in [1.807, 2.05) is 18.2 Å². The summed E-state index contributed by atoms with van der Waals surface area (Å²) in [7, 11) is 0. The Bertz CT molecular complexity index is 458. The summed E-state index contributed by atoms with van der Waals surface area (Å²) in [4.78, 5) is 3.78. The standard InChI is InChI=1S/C20H37N.C5H5N.ClH/c1-2-3-4-5-6-7-8-9-10-11-12-13-14-15-18-21-19-16-17-20-21;1-2-4-6-5-3-1;/h16-17,19-20H,2-15,18H2,1H3;1-5H;1H. The van der Waals surface area contributed by atoms with Crippen LogP contribution in [0.25, 0.3) is 0 Å². The maximum atomic E-state index is 3.78. The fourth-order valence-corrected chi connectivity index (χ4v) is 3.32. The van der Waals surface area contributed by atoms with E-state index >= 15 is 0 Å². The number of pyridine rings is 1. The van der Waals surface area contributed by atoms with Gasteiger partial charge in [0, 0.05) is 31.3 Å². The number of aromatic nitrogens is 2. The number of hydrogen-bond donors (Lipinski definition) is 0. The molecule has 2 nitrogen and oxygen atoms in total. The van der Waals surface area contributed by atoms with Gasteiger partial charge in [0.05, 0.1) is 0 Å². The molecule has 0 unspecified atom stereocenters. The van der Waals surface area contributed by atoms with Gasteiger partial charge in [-0.25, -0.2) is 0 Å². The topological polar surface area (TPSA) is 17.8 Å². The lowest BCUT2D eigenvalue weighted by Gasteiger charge is -2.04. The van der Waals surface area contributed by atoms with Crippen LogP contribution in [0.1, 0.15) is 96.8 Å². The summed E-state index contributed by atoms with van der Waals surface area (Å²) in [6.45, 7) is 3.49. The Labute approximate surface area is 180 Å². The van der Waals surface area contributed by atoms with E-state index < -0.39 is 0 Å². The molecule has 0 saturated heterocycles. The van der Waals surface area contributed by atoms with Gasteiger partial charge in [0.1, 0.15) is 0 Å². The van der Waals surface area contributed by atoms with Crippen LogP contribution in [0.2, 0.25) is 0 Å². The molecule has 0 aliphatic heterocycles. The molecule has 0 aliphatic rings. The molecule has 2 heterocycles. The zero-order valence-electron chi connectivity index (χ0n) is 18.1. The Hall–Kier alpha value is -1.28. The van der Waals surface area contributed by atoms with Gasteiger partial charge in [0.25, 0.3) is 0 Å². The zero-order chi connectivity index (χ0) is 19.3. The predicted molar refractivity (Wildman–Crippen MR) is 126 cm³/mol. The van der Waals surface area contributed by atoms with Crippen LogP contribution in [0, 0.1) is 0 Å². The smallest absolute Gasteiger partial charge is 0.0267 e. The highest BCUT2D eigenvalue weighted by atomic mass is 35.5. The van der Waals surface area contributed by atoms with Gasteiger partial charge >= 0.3 is 0 Å². The largest absolute Gasteiger partial charge is 0.354 e. The lowest BCUT2D eigenvalue weighted by Crippen LogP contribution is -1.93. The second-order valence-corrected chi connectivity index (χ2v) is 7.54. The Morgan fingerprint density at radius 3 is 1.32 bits per heavy atom. The van der Waals surface area contributed by atoms with Gasteiger partial charge in [-0.2, -0.15) is 0 Å². The summed E-state index contributed by atoms with van der Waals surface area (Å²) in [6.07, 6.45) is 28.0. The van der Waals surface area contributed by atoms with Crippen molar-refractivity contribution in [3.8, 4) is 0 Å². The summed E-state index contributed by atoms with van der Waals surface area (Å²) >= 11 is 0. The third kappa shape index (κ3) is 18.1. The van der Waals surface area contributed by atoms with Crippen molar-refractivity contribution in [3.63, 3.8) is 0 Å². The molecular weight excluding hydrogens is 364 g/mol. The molecule has 0 fully saturated rings. The van der Waals surface area contributed by atoms with Crippen LogP contribution in [0.5, 0.6) is 0 Å². The Kier molecular flexibility index (Phi) is 21.0. The number of hydrogen-bond acceptors (Lipinski definition) is 1. The molecule has 0 bridgehead atoms. The van der Waals surface area contributed by atoms with E-state index in [2.05, 4.69) is 41.0 Å². The second-order valence-electron chi connectivity index (χ2n) is 7.54. The van der Waals surface area contributed by atoms with Crippen molar-refractivity contribution in [3.05, 3.63) is 55.1 Å². The first kappa shape index (κ1) is 26.7. The van der Waals surface area contributed by atoms with Gasteiger partial charge in [-0.15, -0.1) is 12.4 Å². The fourth-order valence-electron chi connectivity index (χ4n) is 3.32. The zero-order valence-corrected chi connectivity index (χ0v) is 18.9. The summed E-state index contributed by atoms with van der Waals surface area (Å²) in [6, 6.07) is 9.95. The van der Waals surface area contributed by atoms with Crippen molar-refractivity contribution in [2.75, 3.05) is 0 Å². The molecular formula is C25H43ClN2. The first-order chi connectivity index (χ1) is 13.4. The summed E-state index contributed by atoms with van der Waals surface area (Å²) in [5.74, 6) is 0. The van der Waals surface area contributed by atoms with Gasteiger partial charge in [0.15, 0.2) is 0 Å². The van der Waals surface area contributed by atoms with Crippen LogP contribution < -0.4 is 0 Å². The molecule has 2 rings (SSSR count). The average Bonchev–Trinajstić information content (AvgIpc) is 3.24. The normalized spacial score (nSPS) is 10.0. The summed E-state index contributed by atoms with van der Waals surface area (Å²) in [5.41, 5.74) is 0. The predicted octanol–water partition coefficient (Wildman–Crippen LogP) is 8.47. The fraction of sp³-hybridized carbons (Fsp3) is 0.640. The molecule has 28 heavy (non-hydrogen) atoms. The molecule has 2 aromatic rings. The molecule has 160 valence electrons. The third-order valence-corrected chi connectivity index (χ3v) is 5.00. The van der Waals surface area contributed by atoms with Gasteiger partial charge in [-0.05, 0) is 30.7 Å². The molecule has 0 spiro atoms. The van der Waals surface area contributed by atoms with E-state index in [1.165, 1.54) is 96.4 Å². The minimum atomic E-state index is 0. The van der Waals surface area contributed by atoms with Gasteiger partial charge in [0.2, 0.25) is 0 Å². The van der Waals surface area contributed by atoms with Gasteiger partial charge in [-0.3, -0.25) is 4.98 Å². The van der Waals surface area contributed by atoms with Crippen LogP contribution in [0.15, 0.2) is 55.1 Å². The Morgan fingerprint density at radius 2 is 0.964 bits per heavy atom. The van der Waals surface area contributed by atoms with E-state index in [1.54, 1.807) is 12.4 Å². The van der Waals surface area contributed by atoms with Gasteiger partial charge < -0.3 is 4.57 Å². The molecule has 3 heteroatoms. The third-order valence-electron chi connectivity index (χ3n) is 5.00. The first-order valence-corrected chi connectivity index (χ1v) is 11.4. The molecule has 0 aliphatic carbocycles. The highest BCUT2D eigenvalue weighted by Gasteiger charge is 1.94. The van der Waals surface area contributed by atoms with Crippen molar-refractivity contribution in [1.29, 1.82) is 0 Å². The van der Waals surface area contributed by atoms with Crippen LogP contribution >= 0.6 is 12.4 Å². The van der Waals surface area contributed by atoms with Crippen molar-refractivity contribution < 1.29 is 0 Å². The van der Waals surface area contributed by atoms with E-state index in [-0.39, 0.29) is 12.4 Å². The summed E-state index contributed by atoms with van der Waals surface area (Å²) in [5, 5.41) is 0. The Balaban J connectivity index is 0.000000884. The monoisotopic (exact) mass is 406 g/mol. The highest BCUT2D eigenvalue weighted by molar-refractivity contribution is 5.85. The van der Waals surface area contributed by atoms with E-state index in [0.29, 0.717) is 0 Å². The number of aryl methyl sites for hydroxylation is 1. The molecule has 0 aromatic carbocycles. The number of halogens is 1. The van der Waals surface area contributed by atoms with E-state index in [9.17, 15) is 0 Å². The number of unbranched alkanes of at least 4 members (excludes halogenated alkanes) is 13. The van der Waals surface area contributed by atoms with Crippen molar-refractivity contribution in [1.82, 2.24) is 9.55 Å². The quantitative estimate of drug-likeness (QED) is 0.271. The lowest BCUT2D eigenvalue weighted by molar-refractivity contribution is 0.524. The maximum absolute atomic E-state index is 3.78. The first-order valence-electron chi connectivity index (χ1n) is 11.4. The molecule has 0 atom stereocenters. The Morgan fingerprint density at radius 1 is 0.536 bits per heavy atom.